The summed E-state index contributed by atoms with van der Waals surface area (Å²) in [4.78, 5) is 8.31. The molecule has 1 aromatic heterocycles. The van der Waals surface area contributed by atoms with Crippen molar-refractivity contribution in [2.45, 2.75) is 26.7 Å². The molecule has 0 bridgehead atoms. The Morgan fingerprint density at radius 1 is 1.20 bits per heavy atom. The monoisotopic (exact) mass is 335 g/mol. The Bertz CT molecular complexity index is 570. The van der Waals surface area contributed by atoms with Crippen LogP contribution in [0.15, 0.2) is 35.1 Å². The third-order valence-electron chi connectivity index (χ3n) is 2.86. The Labute approximate surface area is 127 Å². The van der Waals surface area contributed by atoms with Gasteiger partial charge in [-0.05, 0) is 46.5 Å². The fourth-order valence-electron chi connectivity index (χ4n) is 1.75. The maximum absolute atomic E-state index is 5.79. The molecule has 0 spiro atoms. The van der Waals surface area contributed by atoms with Crippen molar-refractivity contribution in [1.82, 2.24) is 9.97 Å². The first-order chi connectivity index (χ1) is 9.61. The van der Waals surface area contributed by atoms with E-state index in [1.54, 1.807) is 0 Å². The normalized spacial score (nSPS) is 10.7. The summed E-state index contributed by atoms with van der Waals surface area (Å²) < 4.78 is 6.52. The fourth-order valence-corrected chi connectivity index (χ4v) is 2.17. The van der Waals surface area contributed by atoms with Gasteiger partial charge in [0, 0.05) is 6.54 Å². The molecule has 2 aromatic rings. The van der Waals surface area contributed by atoms with E-state index in [9.17, 15) is 0 Å². The van der Waals surface area contributed by atoms with Crippen molar-refractivity contribution in [3.8, 4) is 11.6 Å². The van der Waals surface area contributed by atoms with E-state index in [0.717, 1.165) is 22.6 Å². The van der Waals surface area contributed by atoms with Crippen LogP contribution in [0.3, 0.4) is 0 Å². The van der Waals surface area contributed by atoms with Gasteiger partial charge in [-0.25, -0.2) is 9.97 Å². The topological polar surface area (TPSA) is 47.0 Å². The fraction of sp³-hybridized carbons (Fsp3) is 0.333. The zero-order valence-corrected chi connectivity index (χ0v) is 13.4. The maximum Gasteiger partial charge on any atom is 0.238 e. The third kappa shape index (κ3) is 3.48. The minimum absolute atomic E-state index is 0.508. The number of rotatable bonds is 5. The number of halogens is 1. The molecule has 0 aliphatic carbocycles. The van der Waals surface area contributed by atoms with Crippen LogP contribution in [-0.2, 0) is 0 Å². The summed E-state index contributed by atoms with van der Waals surface area (Å²) in [5.74, 6) is 2.51. The van der Waals surface area contributed by atoms with Gasteiger partial charge in [-0.3, -0.25) is 0 Å². The zero-order valence-electron chi connectivity index (χ0n) is 11.9. The van der Waals surface area contributed by atoms with Crippen LogP contribution in [0.1, 0.15) is 32.3 Å². The van der Waals surface area contributed by atoms with Crippen molar-refractivity contribution >= 4 is 21.7 Å². The second-order valence-corrected chi connectivity index (χ2v) is 5.49. The predicted molar refractivity (Wildman–Crippen MR) is 84.5 cm³/mol. The molecule has 0 saturated carbocycles. The molecule has 0 fully saturated rings. The molecule has 5 heteroatoms. The van der Waals surface area contributed by atoms with Gasteiger partial charge in [-0.1, -0.05) is 26.0 Å². The number of hydrogen-bond acceptors (Lipinski definition) is 4. The van der Waals surface area contributed by atoms with Gasteiger partial charge in [0.1, 0.15) is 22.4 Å². The molecular weight excluding hydrogens is 318 g/mol. The molecule has 106 valence electrons. The van der Waals surface area contributed by atoms with E-state index < -0.39 is 0 Å². The number of nitrogens with one attached hydrogen (secondary N) is 1. The number of aromatic nitrogens is 2. The van der Waals surface area contributed by atoms with Gasteiger partial charge in [0.25, 0.3) is 0 Å². The lowest BCUT2D eigenvalue weighted by Crippen LogP contribution is -2.02. The van der Waals surface area contributed by atoms with Crippen LogP contribution in [0.25, 0.3) is 0 Å². The number of hydrogen-bond donors (Lipinski definition) is 1. The van der Waals surface area contributed by atoms with Gasteiger partial charge in [-0.2, -0.15) is 0 Å². The number of anilines is 1. The molecular formula is C15H18BrN3O. The van der Waals surface area contributed by atoms with Crippen LogP contribution in [0.2, 0.25) is 0 Å². The Hall–Kier alpha value is -1.62. The van der Waals surface area contributed by atoms with Gasteiger partial charge in [-0.15, -0.1) is 0 Å². The minimum Gasteiger partial charge on any atom is -0.438 e. The number of benzene rings is 1. The van der Waals surface area contributed by atoms with Crippen LogP contribution in [0, 0.1) is 0 Å². The van der Waals surface area contributed by atoms with Crippen molar-refractivity contribution in [3.63, 3.8) is 0 Å². The van der Waals surface area contributed by atoms with Crippen LogP contribution in [-0.4, -0.2) is 16.5 Å². The van der Waals surface area contributed by atoms with E-state index in [1.807, 2.05) is 19.1 Å². The third-order valence-corrected chi connectivity index (χ3v) is 3.58. The van der Waals surface area contributed by atoms with Gasteiger partial charge in [0.05, 0.1) is 0 Å². The second kappa shape index (κ2) is 6.70. The molecule has 1 heterocycles. The first-order valence-electron chi connectivity index (χ1n) is 6.64. The highest BCUT2D eigenvalue weighted by Crippen LogP contribution is 2.32. The zero-order chi connectivity index (χ0) is 14.5. The molecule has 0 saturated heterocycles. The quantitative estimate of drug-likeness (QED) is 0.868. The summed E-state index contributed by atoms with van der Waals surface area (Å²) in [5, 5.41) is 3.15. The summed E-state index contributed by atoms with van der Waals surface area (Å²) in [6, 6.07) is 8.05. The summed E-state index contributed by atoms with van der Waals surface area (Å²) in [5.41, 5.74) is 1.28. The summed E-state index contributed by atoms with van der Waals surface area (Å²) >= 11 is 3.46. The molecule has 2 rings (SSSR count). The van der Waals surface area contributed by atoms with Crippen molar-refractivity contribution in [2.24, 2.45) is 0 Å². The van der Waals surface area contributed by atoms with Crippen molar-refractivity contribution in [2.75, 3.05) is 11.9 Å². The van der Waals surface area contributed by atoms with E-state index in [2.05, 4.69) is 57.2 Å². The molecule has 0 aliphatic heterocycles. The largest absolute Gasteiger partial charge is 0.438 e. The Balaban J connectivity index is 2.19. The average molecular weight is 336 g/mol. The smallest absolute Gasteiger partial charge is 0.238 e. The standard InChI is InChI=1S/C15H18BrN3O/c1-4-17-14-13(16)15(19-9-18-14)20-12-7-5-11(6-8-12)10(2)3/h5-10H,4H2,1-3H3,(H,17,18,19). The first-order valence-corrected chi connectivity index (χ1v) is 7.43. The van der Waals surface area contributed by atoms with Gasteiger partial charge in [0.15, 0.2) is 0 Å². The maximum atomic E-state index is 5.79. The molecule has 1 aromatic carbocycles. The average Bonchev–Trinajstić information content (AvgIpc) is 2.44. The molecule has 0 amide bonds. The Kier molecular flexibility index (Phi) is 4.95. The Morgan fingerprint density at radius 3 is 2.50 bits per heavy atom. The van der Waals surface area contributed by atoms with Crippen molar-refractivity contribution in [3.05, 3.63) is 40.6 Å². The molecule has 4 nitrogen and oxygen atoms in total. The molecule has 20 heavy (non-hydrogen) atoms. The van der Waals surface area contributed by atoms with E-state index in [1.165, 1.54) is 11.9 Å². The van der Waals surface area contributed by atoms with Crippen molar-refractivity contribution in [1.29, 1.82) is 0 Å². The first kappa shape index (κ1) is 14.8. The molecule has 0 unspecified atom stereocenters. The Morgan fingerprint density at radius 2 is 1.90 bits per heavy atom. The van der Waals surface area contributed by atoms with E-state index in [4.69, 9.17) is 4.74 Å². The molecule has 0 atom stereocenters. The molecule has 0 radical (unpaired) electrons. The lowest BCUT2D eigenvalue weighted by Gasteiger charge is -2.11. The highest BCUT2D eigenvalue weighted by atomic mass is 79.9. The number of nitrogens with zero attached hydrogens (tertiary/aromatic N) is 2. The summed E-state index contributed by atoms with van der Waals surface area (Å²) in [7, 11) is 0. The molecule has 0 aliphatic rings. The lowest BCUT2D eigenvalue weighted by molar-refractivity contribution is 0.458. The van der Waals surface area contributed by atoms with Crippen LogP contribution in [0.5, 0.6) is 11.6 Å². The van der Waals surface area contributed by atoms with Crippen LogP contribution >= 0.6 is 15.9 Å². The van der Waals surface area contributed by atoms with Gasteiger partial charge < -0.3 is 10.1 Å². The second-order valence-electron chi connectivity index (χ2n) is 4.70. The van der Waals surface area contributed by atoms with Crippen LogP contribution < -0.4 is 10.1 Å². The predicted octanol–water partition coefficient (Wildman–Crippen LogP) is 4.59. The summed E-state index contributed by atoms with van der Waals surface area (Å²) in [6.07, 6.45) is 1.49. The van der Waals surface area contributed by atoms with Gasteiger partial charge >= 0.3 is 0 Å². The highest BCUT2D eigenvalue weighted by Gasteiger charge is 2.10. The molecule has 1 N–H and O–H groups in total. The van der Waals surface area contributed by atoms with E-state index in [-0.39, 0.29) is 0 Å². The van der Waals surface area contributed by atoms with Crippen LogP contribution in [0.4, 0.5) is 5.82 Å². The van der Waals surface area contributed by atoms with Crippen molar-refractivity contribution < 1.29 is 4.74 Å². The van der Waals surface area contributed by atoms with Gasteiger partial charge in [0.2, 0.25) is 5.88 Å². The highest BCUT2D eigenvalue weighted by molar-refractivity contribution is 9.10. The van der Waals surface area contributed by atoms with E-state index >= 15 is 0 Å². The minimum atomic E-state index is 0.508. The van der Waals surface area contributed by atoms with E-state index in [0.29, 0.717) is 11.8 Å². The SMILES string of the molecule is CCNc1ncnc(Oc2ccc(C(C)C)cc2)c1Br. The lowest BCUT2D eigenvalue weighted by atomic mass is 10.0. The summed E-state index contributed by atoms with van der Waals surface area (Å²) in [6.45, 7) is 7.14. The number of ether oxygens (including phenoxy) is 1.